The van der Waals surface area contributed by atoms with Crippen LogP contribution < -0.4 is 0 Å². The Morgan fingerprint density at radius 2 is 2.08 bits per heavy atom. The molecule has 0 saturated carbocycles. The minimum atomic E-state index is 0.233. The molecule has 0 rings (SSSR count). The Hall–Kier alpha value is -0.970. The Kier molecular flexibility index (Phi) is 9.22. The minimum absolute atomic E-state index is 0.233. The molecule has 12 heavy (non-hydrogen) atoms. The maximum atomic E-state index is 9.69. The lowest BCUT2D eigenvalue weighted by Gasteiger charge is -1.91. The maximum absolute atomic E-state index is 9.69. The average Bonchev–Trinajstić information content (AvgIpc) is 2.10. The lowest BCUT2D eigenvalue weighted by Crippen LogP contribution is -1.85. The van der Waals surface area contributed by atoms with E-state index in [0.717, 1.165) is 12.8 Å². The molecule has 0 spiro atoms. The summed E-state index contributed by atoms with van der Waals surface area (Å²) in [7, 11) is 0. The van der Waals surface area contributed by atoms with Crippen LogP contribution in [0.15, 0.2) is 0 Å². The highest BCUT2D eigenvalue weighted by Gasteiger charge is 1.83. The molecule has 0 saturated heterocycles. The zero-order chi connectivity index (χ0) is 9.07. The molecular weight excluding hydrogens is 152 g/mol. The first kappa shape index (κ1) is 11.0. The summed E-state index contributed by atoms with van der Waals surface area (Å²) in [6.07, 6.45) is 5.86. The summed E-state index contributed by atoms with van der Waals surface area (Å²) in [4.78, 5) is 9.69. The highest BCUT2D eigenvalue weighted by Crippen LogP contribution is 2.00. The number of unbranched alkanes of at least 4 members (excludes halogenated alkanes) is 4. The van der Waals surface area contributed by atoms with E-state index in [1.807, 2.05) is 0 Å². The Bertz CT molecular complexity index is 153. The van der Waals surface area contributed by atoms with E-state index in [1.54, 1.807) is 0 Å². The zero-order valence-corrected chi connectivity index (χ0v) is 7.64. The van der Waals surface area contributed by atoms with Crippen LogP contribution in [-0.2, 0) is 9.53 Å². The summed E-state index contributed by atoms with van der Waals surface area (Å²) in [5.41, 5.74) is 0. The van der Waals surface area contributed by atoms with Crippen molar-refractivity contribution in [1.29, 1.82) is 0 Å². The Balaban J connectivity index is 3.04. The summed E-state index contributed by atoms with van der Waals surface area (Å²) >= 11 is 0. The third-order valence-electron chi connectivity index (χ3n) is 1.50. The van der Waals surface area contributed by atoms with Gasteiger partial charge in [0.2, 0.25) is 0 Å². The molecule has 68 valence electrons. The van der Waals surface area contributed by atoms with Crippen LogP contribution in [0.4, 0.5) is 0 Å². The van der Waals surface area contributed by atoms with Gasteiger partial charge in [-0.25, -0.2) is 0 Å². The average molecular weight is 168 g/mol. The molecule has 0 bridgehead atoms. The quantitative estimate of drug-likeness (QED) is 0.345. The molecule has 0 aliphatic carbocycles. The van der Waals surface area contributed by atoms with Gasteiger partial charge in [-0.1, -0.05) is 38.0 Å². The molecule has 0 atom stereocenters. The first-order valence-corrected chi connectivity index (χ1v) is 4.42. The van der Waals surface area contributed by atoms with Gasteiger partial charge in [-0.2, -0.15) is 0 Å². The van der Waals surface area contributed by atoms with Crippen LogP contribution in [0.1, 0.15) is 39.0 Å². The largest absolute Gasteiger partial charge is 0.455 e. The molecule has 0 aliphatic heterocycles. The van der Waals surface area contributed by atoms with E-state index >= 15 is 0 Å². The van der Waals surface area contributed by atoms with Crippen molar-refractivity contribution in [2.45, 2.75) is 39.0 Å². The highest BCUT2D eigenvalue weighted by atomic mass is 16.5. The summed E-state index contributed by atoms with van der Waals surface area (Å²) in [6.45, 7) is 2.84. The maximum Gasteiger partial charge on any atom is 0.294 e. The second-order valence-electron chi connectivity index (χ2n) is 2.57. The fraction of sp³-hybridized carbons (Fsp3) is 0.700. The molecule has 0 fully saturated rings. The second-order valence-corrected chi connectivity index (χ2v) is 2.57. The van der Waals surface area contributed by atoms with E-state index < -0.39 is 0 Å². The van der Waals surface area contributed by atoms with E-state index in [9.17, 15) is 4.79 Å². The number of hydrogen-bond donors (Lipinski definition) is 0. The summed E-state index contributed by atoms with van der Waals surface area (Å²) in [5.74, 6) is 5.70. The van der Waals surface area contributed by atoms with Crippen molar-refractivity contribution in [1.82, 2.24) is 0 Å². The van der Waals surface area contributed by atoms with Crippen LogP contribution >= 0.6 is 0 Å². The van der Waals surface area contributed by atoms with Gasteiger partial charge in [0.05, 0.1) is 0 Å². The lowest BCUT2D eigenvalue weighted by atomic mass is 10.2. The van der Waals surface area contributed by atoms with Gasteiger partial charge in [-0.3, -0.25) is 4.79 Å². The lowest BCUT2D eigenvalue weighted by molar-refractivity contribution is -0.127. The fourth-order valence-electron chi connectivity index (χ4n) is 0.855. The molecule has 2 nitrogen and oxygen atoms in total. The first-order valence-electron chi connectivity index (χ1n) is 4.42. The van der Waals surface area contributed by atoms with E-state index in [2.05, 4.69) is 23.5 Å². The van der Waals surface area contributed by atoms with Crippen LogP contribution in [0, 0.1) is 11.8 Å². The van der Waals surface area contributed by atoms with Gasteiger partial charge in [-0.05, 0) is 6.42 Å². The van der Waals surface area contributed by atoms with E-state index in [4.69, 9.17) is 0 Å². The SMILES string of the molecule is CCCCCCC#CCOC=O. The predicted octanol–water partition coefficient (Wildman–Crippen LogP) is 2.13. The van der Waals surface area contributed by atoms with Crippen molar-refractivity contribution in [2.75, 3.05) is 6.61 Å². The number of carbonyl (C=O) groups excluding carboxylic acids is 1. The second kappa shape index (κ2) is 10.0. The number of carbonyl (C=O) groups is 1. The highest BCUT2D eigenvalue weighted by molar-refractivity contribution is 5.37. The van der Waals surface area contributed by atoms with Crippen molar-refractivity contribution in [3.63, 3.8) is 0 Å². The summed E-state index contributed by atoms with van der Waals surface area (Å²) in [6, 6.07) is 0. The van der Waals surface area contributed by atoms with Gasteiger partial charge in [0.15, 0.2) is 6.61 Å². The molecule has 0 aliphatic rings. The van der Waals surface area contributed by atoms with Crippen molar-refractivity contribution >= 4 is 6.47 Å². The molecule has 0 radical (unpaired) electrons. The normalized spacial score (nSPS) is 8.42. The monoisotopic (exact) mass is 168 g/mol. The van der Waals surface area contributed by atoms with Crippen LogP contribution in [-0.4, -0.2) is 13.1 Å². The molecule has 0 unspecified atom stereocenters. The topological polar surface area (TPSA) is 26.3 Å². The molecule has 0 N–H and O–H groups in total. The van der Waals surface area contributed by atoms with Crippen LogP contribution in [0.25, 0.3) is 0 Å². The van der Waals surface area contributed by atoms with E-state index in [0.29, 0.717) is 6.47 Å². The fourth-order valence-corrected chi connectivity index (χ4v) is 0.855. The van der Waals surface area contributed by atoms with Gasteiger partial charge >= 0.3 is 0 Å². The number of hydrogen-bond acceptors (Lipinski definition) is 2. The molecule has 0 amide bonds. The molecule has 0 aromatic carbocycles. The molecule has 2 heteroatoms. The minimum Gasteiger partial charge on any atom is -0.455 e. The molecule has 0 heterocycles. The molecular formula is C10H16O2. The van der Waals surface area contributed by atoms with Crippen LogP contribution in [0.2, 0.25) is 0 Å². The third kappa shape index (κ3) is 9.03. The van der Waals surface area contributed by atoms with Crippen LogP contribution in [0.3, 0.4) is 0 Å². The van der Waals surface area contributed by atoms with Crippen molar-refractivity contribution in [2.24, 2.45) is 0 Å². The molecule has 0 aromatic rings. The third-order valence-corrected chi connectivity index (χ3v) is 1.50. The Morgan fingerprint density at radius 1 is 1.25 bits per heavy atom. The Morgan fingerprint density at radius 3 is 2.75 bits per heavy atom. The van der Waals surface area contributed by atoms with Crippen LogP contribution in [0.5, 0.6) is 0 Å². The van der Waals surface area contributed by atoms with E-state index in [-0.39, 0.29) is 6.61 Å². The smallest absolute Gasteiger partial charge is 0.294 e. The van der Waals surface area contributed by atoms with E-state index in [1.165, 1.54) is 19.3 Å². The molecule has 0 aromatic heterocycles. The zero-order valence-electron chi connectivity index (χ0n) is 7.64. The van der Waals surface area contributed by atoms with Gasteiger partial charge < -0.3 is 4.74 Å². The van der Waals surface area contributed by atoms with Crippen molar-refractivity contribution in [3.05, 3.63) is 0 Å². The van der Waals surface area contributed by atoms with Crippen molar-refractivity contribution in [3.8, 4) is 11.8 Å². The predicted molar refractivity (Wildman–Crippen MR) is 48.6 cm³/mol. The summed E-state index contributed by atoms with van der Waals surface area (Å²) < 4.78 is 4.41. The van der Waals surface area contributed by atoms with Gasteiger partial charge in [0.25, 0.3) is 6.47 Å². The van der Waals surface area contributed by atoms with Gasteiger partial charge in [-0.15, -0.1) is 0 Å². The number of rotatable bonds is 6. The Labute approximate surface area is 74.3 Å². The van der Waals surface area contributed by atoms with Gasteiger partial charge in [0, 0.05) is 6.42 Å². The number of ether oxygens (including phenoxy) is 1. The summed E-state index contributed by atoms with van der Waals surface area (Å²) in [5, 5.41) is 0. The van der Waals surface area contributed by atoms with Gasteiger partial charge in [0.1, 0.15) is 0 Å². The van der Waals surface area contributed by atoms with Crippen molar-refractivity contribution < 1.29 is 9.53 Å². The standard InChI is InChI=1S/C10H16O2/c1-2-3-4-5-6-7-8-9-12-10-11/h10H,2-6,9H2,1H3. The first-order chi connectivity index (χ1) is 5.91.